The number of anilines is 1. The van der Waals surface area contributed by atoms with E-state index in [1.54, 1.807) is 0 Å². The molecule has 0 unspecified atom stereocenters. The van der Waals surface area contributed by atoms with Crippen molar-refractivity contribution in [2.45, 2.75) is 46.3 Å². The first kappa shape index (κ1) is 18.8. The normalized spacial score (nSPS) is 15.8. The van der Waals surface area contributed by atoms with Crippen molar-refractivity contribution in [2.75, 3.05) is 4.90 Å². The fourth-order valence-electron chi connectivity index (χ4n) is 5.09. The summed E-state index contributed by atoms with van der Waals surface area (Å²) in [6.45, 7) is 11.4. The van der Waals surface area contributed by atoms with Crippen LogP contribution in [0.25, 0.3) is 27.5 Å². The number of hydrogen-bond donors (Lipinski definition) is 0. The van der Waals surface area contributed by atoms with Gasteiger partial charge in [0.15, 0.2) is 0 Å². The standard InChI is InChI=1S/C27H29N3/c1-19(2)28-17-18-29(27(28,4)5)26-20(3)15-16-24-25(26)22-13-9-10-14-23(22)30(24)21-11-7-6-8-12-21/h6-19H,1-5H3. The number of aromatic nitrogens is 1. The molecule has 0 N–H and O–H groups in total. The third kappa shape index (κ3) is 2.58. The molecule has 0 fully saturated rings. The van der Waals surface area contributed by atoms with Gasteiger partial charge in [0, 0.05) is 34.9 Å². The van der Waals surface area contributed by atoms with Gasteiger partial charge >= 0.3 is 0 Å². The Bertz CT molecular complexity index is 1260. The predicted molar refractivity (Wildman–Crippen MR) is 128 cm³/mol. The minimum absolute atomic E-state index is 0.136. The van der Waals surface area contributed by atoms with E-state index in [9.17, 15) is 0 Å². The molecule has 1 aliphatic heterocycles. The van der Waals surface area contributed by atoms with Crippen LogP contribution in [0.5, 0.6) is 0 Å². The van der Waals surface area contributed by atoms with Crippen LogP contribution < -0.4 is 4.90 Å². The molecule has 3 nitrogen and oxygen atoms in total. The van der Waals surface area contributed by atoms with Crippen LogP contribution in [0.3, 0.4) is 0 Å². The monoisotopic (exact) mass is 395 g/mol. The van der Waals surface area contributed by atoms with Crippen molar-refractivity contribution in [3.05, 3.63) is 84.7 Å². The summed E-state index contributed by atoms with van der Waals surface area (Å²) < 4.78 is 2.39. The summed E-state index contributed by atoms with van der Waals surface area (Å²) in [7, 11) is 0. The molecule has 30 heavy (non-hydrogen) atoms. The highest BCUT2D eigenvalue weighted by Gasteiger charge is 2.38. The molecule has 0 atom stereocenters. The van der Waals surface area contributed by atoms with E-state index in [1.165, 1.54) is 38.7 Å². The summed E-state index contributed by atoms with van der Waals surface area (Å²) in [5.41, 5.74) is 6.13. The zero-order chi connectivity index (χ0) is 21.0. The van der Waals surface area contributed by atoms with E-state index < -0.39 is 0 Å². The Balaban J connectivity index is 1.86. The van der Waals surface area contributed by atoms with Gasteiger partial charge in [0.25, 0.3) is 0 Å². The second kappa shape index (κ2) is 6.66. The van der Waals surface area contributed by atoms with Crippen molar-refractivity contribution in [1.29, 1.82) is 0 Å². The average molecular weight is 396 g/mol. The van der Waals surface area contributed by atoms with Crippen LogP contribution in [0.4, 0.5) is 5.69 Å². The lowest BCUT2D eigenvalue weighted by Gasteiger charge is -2.43. The molecular weight excluding hydrogens is 366 g/mol. The fourth-order valence-corrected chi connectivity index (χ4v) is 5.09. The Morgan fingerprint density at radius 3 is 2.17 bits per heavy atom. The van der Waals surface area contributed by atoms with Crippen LogP contribution in [0.15, 0.2) is 79.1 Å². The van der Waals surface area contributed by atoms with Gasteiger partial charge in [-0.05, 0) is 64.4 Å². The Morgan fingerprint density at radius 2 is 1.47 bits per heavy atom. The SMILES string of the molecule is Cc1ccc2c(c1N1C=CN(C(C)C)C1(C)C)c1ccccc1n2-c1ccccc1. The van der Waals surface area contributed by atoms with Gasteiger partial charge in [-0.25, -0.2) is 0 Å². The van der Waals surface area contributed by atoms with Crippen LogP contribution in [0.2, 0.25) is 0 Å². The Kier molecular flexibility index (Phi) is 4.18. The summed E-state index contributed by atoms with van der Waals surface area (Å²) in [5.74, 6) is 0. The van der Waals surface area contributed by atoms with E-state index in [-0.39, 0.29) is 5.66 Å². The van der Waals surface area contributed by atoms with Gasteiger partial charge in [-0.1, -0.05) is 42.5 Å². The van der Waals surface area contributed by atoms with E-state index in [0.717, 1.165) is 0 Å². The van der Waals surface area contributed by atoms with Crippen molar-refractivity contribution in [3.63, 3.8) is 0 Å². The van der Waals surface area contributed by atoms with Gasteiger partial charge < -0.3 is 14.4 Å². The van der Waals surface area contributed by atoms with Gasteiger partial charge in [0.1, 0.15) is 5.66 Å². The van der Waals surface area contributed by atoms with E-state index in [4.69, 9.17) is 0 Å². The Hall–Kier alpha value is -3.20. The number of hydrogen-bond acceptors (Lipinski definition) is 2. The minimum Gasteiger partial charge on any atom is -0.351 e. The summed E-state index contributed by atoms with van der Waals surface area (Å²) >= 11 is 0. The summed E-state index contributed by atoms with van der Waals surface area (Å²) in [6.07, 6.45) is 4.48. The predicted octanol–water partition coefficient (Wildman–Crippen LogP) is 6.83. The second-order valence-electron chi connectivity index (χ2n) is 8.98. The largest absolute Gasteiger partial charge is 0.351 e. The molecule has 0 amide bonds. The number of fused-ring (bicyclic) bond motifs is 3. The third-order valence-corrected chi connectivity index (χ3v) is 6.42. The minimum atomic E-state index is -0.136. The quantitative estimate of drug-likeness (QED) is 0.377. The molecule has 152 valence electrons. The zero-order valence-corrected chi connectivity index (χ0v) is 18.4. The van der Waals surface area contributed by atoms with Gasteiger partial charge in [0.2, 0.25) is 0 Å². The molecule has 0 aliphatic carbocycles. The molecule has 3 aromatic carbocycles. The molecular formula is C27H29N3. The summed E-state index contributed by atoms with van der Waals surface area (Å²) in [6, 6.07) is 24.4. The second-order valence-corrected chi connectivity index (χ2v) is 8.98. The maximum absolute atomic E-state index is 2.45. The molecule has 0 spiro atoms. The lowest BCUT2D eigenvalue weighted by atomic mass is 10.0. The van der Waals surface area contributed by atoms with Gasteiger partial charge in [-0.3, -0.25) is 0 Å². The molecule has 0 saturated heterocycles. The smallest absolute Gasteiger partial charge is 0.111 e. The van der Waals surface area contributed by atoms with E-state index in [2.05, 4.69) is 128 Å². The maximum Gasteiger partial charge on any atom is 0.111 e. The first-order valence-corrected chi connectivity index (χ1v) is 10.8. The Morgan fingerprint density at radius 1 is 0.767 bits per heavy atom. The van der Waals surface area contributed by atoms with Crippen LogP contribution in [0, 0.1) is 6.92 Å². The average Bonchev–Trinajstić information content (AvgIpc) is 3.23. The lowest BCUT2D eigenvalue weighted by molar-refractivity contribution is 0.170. The van der Waals surface area contributed by atoms with Crippen molar-refractivity contribution in [2.24, 2.45) is 0 Å². The van der Waals surface area contributed by atoms with E-state index >= 15 is 0 Å². The third-order valence-electron chi connectivity index (χ3n) is 6.42. The molecule has 1 aromatic heterocycles. The van der Waals surface area contributed by atoms with Gasteiger partial charge in [0.05, 0.1) is 16.7 Å². The topological polar surface area (TPSA) is 11.4 Å². The molecule has 3 heteroatoms. The first-order chi connectivity index (χ1) is 14.4. The van der Waals surface area contributed by atoms with Crippen molar-refractivity contribution < 1.29 is 0 Å². The number of aryl methyl sites for hydroxylation is 1. The molecule has 5 rings (SSSR count). The molecule has 0 bridgehead atoms. The van der Waals surface area contributed by atoms with Crippen LogP contribution in [-0.4, -0.2) is 21.2 Å². The molecule has 1 aliphatic rings. The highest BCUT2D eigenvalue weighted by atomic mass is 15.4. The van der Waals surface area contributed by atoms with Crippen LogP contribution in [0.1, 0.15) is 33.3 Å². The highest BCUT2D eigenvalue weighted by molar-refractivity contribution is 6.16. The number of rotatable bonds is 3. The molecule has 2 heterocycles. The molecule has 0 radical (unpaired) electrons. The fraction of sp³-hybridized carbons (Fsp3) is 0.259. The number of nitrogens with zero attached hydrogens (tertiary/aromatic N) is 3. The van der Waals surface area contributed by atoms with E-state index in [0.29, 0.717) is 6.04 Å². The first-order valence-electron chi connectivity index (χ1n) is 10.8. The van der Waals surface area contributed by atoms with Gasteiger partial charge in [-0.2, -0.15) is 0 Å². The van der Waals surface area contributed by atoms with Gasteiger partial charge in [-0.15, -0.1) is 0 Å². The summed E-state index contributed by atoms with van der Waals surface area (Å²) in [5, 5.41) is 2.61. The van der Waals surface area contributed by atoms with Crippen LogP contribution >= 0.6 is 0 Å². The zero-order valence-electron chi connectivity index (χ0n) is 18.4. The van der Waals surface area contributed by atoms with E-state index in [1.807, 2.05) is 0 Å². The number of para-hydroxylation sites is 2. The maximum atomic E-state index is 2.45. The van der Waals surface area contributed by atoms with Crippen molar-refractivity contribution in [1.82, 2.24) is 9.47 Å². The van der Waals surface area contributed by atoms with Crippen LogP contribution in [-0.2, 0) is 0 Å². The molecule has 4 aromatic rings. The molecule has 0 saturated carbocycles. The highest BCUT2D eigenvalue weighted by Crippen LogP contribution is 2.44. The lowest BCUT2D eigenvalue weighted by Crippen LogP contribution is -2.51. The van der Waals surface area contributed by atoms with Crippen molar-refractivity contribution in [3.8, 4) is 5.69 Å². The number of benzene rings is 3. The Labute approximate surface area is 178 Å². The van der Waals surface area contributed by atoms with Crippen molar-refractivity contribution >= 4 is 27.5 Å². The summed E-state index contributed by atoms with van der Waals surface area (Å²) in [4.78, 5) is 4.88.